The Balaban J connectivity index is 3.86. The topological polar surface area (TPSA) is 105 Å². The van der Waals surface area contributed by atoms with Crippen LogP contribution in [0.1, 0.15) is 476 Å². The first kappa shape index (κ1) is 93.2. The van der Waals surface area contributed by atoms with Gasteiger partial charge in [-0.25, -0.2) is 4.57 Å². The normalized spacial score (nSPS) is 13.4. The van der Waals surface area contributed by atoms with Crippen LogP contribution in [-0.4, -0.2) is 73.4 Å². The lowest BCUT2D eigenvalue weighted by Gasteiger charge is -2.25. The molecule has 0 aromatic heterocycles. The second-order valence-electron chi connectivity index (χ2n) is 31.3. The Kier molecular flexibility index (Phi) is 75.8. The number of phosphoric ester groups is 1. The highest BCUT2D eigenvalue weighted by Gasteiger charge is 2.28. The molecule has 94 heavy (non-hydrogen) atoms. The lowest BCUT2D eigenvalue weighted by atomic mass is 10.0. The Bertz CT molecular complexity index is 1540. The van der Waals surface area contributed by atoms with Crippen molar-refractivity contribution in [3.63, 3.8) is 0 Å². The van der Waals surface area contributed by atoms with Gasteiger partial charge < -0.3 is 19.8 Å². The molecule has 0 saturated carbocycles. The van der Waals surface area contributed by atoms with E-state index in [2.05, 4.69) is 19.2 Å². The maximum Gasteiger partial charge on any atom is 0.472 e. The van der Waals surface area contributed by atoms with Gasteiger partial charge >= 0.3 is 7.82 Å². The van der Waals surface area contributed by atoms with Gasteiger partial charge in [0.25, 0.3) is 0 Å². The number of hydrogen-bond donors (Lipinski definition) is 3. The molecule has 0 fully saturated rings. The lowest BCUT2D eigenvalue weighted by molar-refractivity contribution is -0.870. The summed E-state index contributed by atoms with van der Waals surface area (Å²) >= 11 is 0. The fourth-order valence-corrected chi connectivity index (χ4v) is 14.6. The molecular formula is C85H172N2O6P+. The lowest BCUT2D eigenvalue weighted by Crippen LogP contribution is -2.45. The van der Waals surface area contributed by atoms with Crippen molar-refractivity contribution in [3.05, 3.63) is 12.2 Å². The number of phosphoric acid groups is 1. The highest BCUT2D eigenvalue weighted by atomic mass is 31.2. The summed E-state index contributed by atoms with van der Waals surface area (Å²) in [6.45, 7) is 4.91. The van der Waals surface area contributed by atoms with Gasteiger partial charge in [0.15, 0.2) is 0 Å². The Morgan fingerprint density at radius 2 is 0.564 bits per heavy atom. The van der Waals surface area contributed by atoms with E-state index in [1.54, 1.807) is 6.08 Å². The summed E-state index contributed by atoms with van der Waals surface area (Å²) in [5.74, 6) is -0.164. The highest BCUT2D eigenvalue weighted by Crippen LogP contribution is 2.43. The molecule has 0 bridgehead atoms. The number of nitrogens with one attached hydrogen (secondary N) is 1. The third-order valence-corrected chi connectivity index (χ3v) is 21.5. The van der Waals surface area contributed by atoms with Crippen LogP contribution in [0.15, 0.2) is 12.2 Å². The monoisotopic (exact) mass is 1350 g/mol. The molecule has 0 radical (unpaired) electrons. The maximum atomic E-state index is 13.1. The first-order chi connectivity index (χ1) is 46.0. The number of nitrogens with zero attached hydrogens (tertiary/aromatic N) is 1. The standard InChI is InChI=1S/C85H171N2O6P/c1-6-8-10-12-14-16-18-20-22-24-26-28-30-32-34-36-38-39-40-41-42-43-44-45-46-47-49-51-53-55-57-59-61-63-65-67-69-71-73-75-77-79-85(89)86-83(82-93-94(90,91)92-81-80-87(3,4)5)84(88)78-76-74-72-70-68-66-64-62-60-58-56-54-52-50-48-37-35-33-31-29-27-25-23-21-19-17-15-13-11-9-7-2/h76,78,83-84,88H,6-75,77,79-82H2,1-5H3,(H-,86,89,90,91)/p+1/b78-76+. The third-order valence-electron chi connectivity index (χ3n) is 20.5. The van der Waals surface area contributed by atoms with Crippen molar-refractivity contribution in [1.29, 1.82) is 0 Å². The molecule has 0 spiro atoms. The number of carbonyl (C=O) groups is 1. The molecule has 1 amide bonds. The molecule has 0 rings (SSSR count). The van der Waals surface area contributed by atoms with Crippen molar-refractivity contribution >= 4 is 13.7 Å². The van der Waals surface area contributed by atoms with Crippen LogP contribution < -0.4 is 5.32 Å². The number of unbranched alkanes of at least 4 members (excludes halogenated alkanes) is 69. The zero-order chi connectivity index (χ0) is 68.3. The van der Waals surface area contributed by atoms with Crippen LogP contribution in [-0.2, 0) is 18.4 Å². The van der Waals surface area contributed by atoms with Crippen LogP contribution in [0, 0.1) is 0 Å². The van der Waals surface area contributed by atoms with Gasteiger partial charge in [-0.1, -0.05) is 463 Å². The molecule has 3 atom stereocenters. The fourth-order valence-electron chi connectivity index (χ4n) is 13.9. The molecule has 8 nitrogen and oxygen atoms in total. The van der Waals surface area contributed by atoms with E-state index >= 15 is 0 Å². The number of amides is 1. The number of allylic oxidation sites excluding steroid dienone is 1. The number of carbonyl (C=O) groups excluding carboxylic acids is 1. The summed E-state index contributed by atoms with van der Waals surface area (Å²) in [6, 6.07) is -0.845. The zero-order valence-electron chi connectivity index (χ0n) is 64.8. The van der Waals surface area contributed by atoms with Gasteiger partial charge in [0.1, 0.15) is 13.2 Å². The number of rotatable bonds is 82. The Morgan fingerprint density at radius 3 is 0.787 bits per heavy atom. The van der Waals surface area contributed by atoms with Gasteiger partial charge in [-0.15, -0.1) is 0 Å². The van der Waals surface area contributed by atoms with Crippen LogP contribution in [0.5, 0.6) is 0 Å². The first-order valence-electron chi connectivity index (χ1n) is 43.1. The van der Waals surface area contributed by atoms with Gasteiger partial charge in [0, 0.05) is 6.42 Å². The summed E-state index contributed by atoms with van der Waals surface area (Å²) < 4.78 is 23.9. The van der Waals surface area contributed by atoms with E-state index in [0.717, 1.165) is 32.1 Å². The molecular weight excluding hydrogens is 1180 g/mol. The number of aliphatic hydroxyl groups excluding tert-OH is 1. The van der Waals surface area contributed by atoms with Gasteiger partial charge in [-0.05, 0) is 19.3 Å². The van der Waals surface area contributed by atoms with Crippen molar-refractivity contribution in [1.82, 2.24) is 5.32 Å². The minimum absolute atomic E-state index is 0.0657. The summed E-state index contributed by atoms with van der Waals surface area (Å²) in [7, 11) is 1.60. The van der Waals surface area contributed by atoms with E-state index in [1.807, 2.05) is 27.2 Å². The molecule has 0 saturated heterocycles. The predicted octanol–water partition coefficient (Wildman–Crippen LogP) is 28.4. The summed E-state index contributed by atoms with van der Waals surface area (Å²) in [5, 5.41) is 14.1. The molecule has 0 aliphatic carbocycles. The molecule has 3 unspecified atom stereocenters. The van der Waals surface area contributed by atoms with Crippen molar-refractivity contribution in [2.45, 2.75) is 488 Å². The smallest absolute Gasteiger partial charge is 0.387 e. The zero-order valence-corrected chi connectivity index (χ0v) is 65.7. The molecule has 0 aromatic carbocycles. The van der Waals surface area contributed by atoms with Gasteiger partial charge in [-0.3, -0.25) is 13.8 Å². The molecule has 9 heteroatoms. The van der Waals surface area contributed by atoms with Crippen molar-refractivity contribution in [2.24, 2.45) is 0 Å². The summed E-state index contributed by atoms with van der Waals surface area (Å²) in [4.78, 5) is 23.5. The predicted molar refractivity (Wildman–Crippen MR) is 415 cm³/mol. The Labute approximate surface area is 590 Å². The number of likely N-dealkylation sites (N-methyl/N-ethyl adjacent to an activating group) is 1. The van der Waals surface area contributed by atoms with Crippen LogP contribution in [0.2, 0.25) is 0 Å². The molecule has 562 valence electrons. The average Bonchev–Trinajstić information content (AvgIpc) is 1.27. The molecule has 0 aromatic rings. The van der Waals surface area contributed by atoms with Crippen LogP contribution >= 0.6 is 7.82 Å². The number of aliphatic hydroxyl groups is 1. The quantitative estimate of drug-likeness (QED) is 0.0243. The highest BCUT2D eigenvalue weighted by molar-refractivity contribution is 7.47. The summed E-state index contributed by atoms with van der Waals surface area (Å²) in [6.07, 6.45) is 102. The van der Waals surface area contributed by atoms with E-state index in [1.165, 1.54) is 424 Å². The van der Waals surface area contributed by atoms with Crippen molar-refractivity contribution in [3.8, 4) is 0 Å². The number of hydrogen-bond acceptors (Lipinski definition) is 5. The second kappa shape index (κ2) is 76.4. The Hall–Kier alpha value is -0.760. The first-order valence-corrected chi connectivity index (χ1v) is 44.6. The van der Waals surface area contributed by atoms with E-state index in [9.17, 15) is 19.4 Å². The van der Waals surface area contributed by atoms with Crippen molar-refractivity contribution in [2.75, 3.05) is 40.9 Å². The largest absolute Gasteiger partial charge is 0.472 e. The van der Waals surface area contributed by atoms with E-state index in [0.29, 0.717) is 17.4 Å². The van der Waals surface area contributed by atoms with Crippen LogP contribution in [0.25, 0.3) is 0 Å². The van der Waals surface area contributed by atoms with Crippen LogP contribution in [0.4, 0.5) is 0 Å². The second-order valence-corrected chi connectivity index (χ2v) is 32.7. The van der Waals surface area contributed by atoms with E-state index in [-0.39, 0.29) is 19.1 Å². The maximum absolute atomic E-state index is 13.1. The summed E-state index contributed by atoms with van der Waals surface area (Å²) in [5.41, 5.74) is 0. The minimum Gasteiger partial charge on any atom is -0.387 e. The fraction of sp³-hybridized carbons (Fsp3) is 0.965. The molecule has 3 N–H and O–H groups in total. The van der Waals surface area contributed by atoms with Crippen molar-refractivity contribution < 1.29 is 32.9 Å². The number of quaternary nitrogens is 1. The van der Waals surface area contributed by atoms with Gasteiger partial charge in [0.05, 0.1) is 39.9 Å². The average molecular weight is 1350 g/mol. The minimum atomic E-state index is -4.36. The van der Waals surface area contributed by atoms with Gasteiger partial charge in [0.2, 0.25) is 5.91 Å². The molecule has 0 heterocycles. The Morgan fingerprint density at radius 1 is 0.351 bits per heavy atom. The van der Waals surface area contributed by atoms with E-state index < -0.39 is 20.0 Å². The SMILES string of the molecule is CCCCCCCCCCCCCCCCCCCCCCCCCCCCCCC/C=C/C(O)C(COP(=O)(O)OCC[N+](C)(C)C)NC(=O)CCCCCCCCCCCCCCCCCCCCCCCCCCCCCCCCCCCCCCCCCCC. The molecule has 0 aliphatic heterocycles. The molecule has 0 aliphatic rings. The third kappa shape index (κ3) is 78.6. The van der Waals surface area contributed by atoms with E-state index in [4.69, 9.17) is 9.05 Å². The van der Waals surface area contributed by atoms with Gasteiger partial charge in [-0.2, -0.15) is 0 Å². The van der Waals surface area contributed by atoms with Crippen LogP contribution in [0.3, 0.4) is 0 Å².